The molecule has 2 N–H and O–H groups in total. The molecule has 3 heteroatoms. The van der Waals surface area contributed by atoms with Gasteiger partial charge >= 0.3 is 0 Å². The predicted octanol–water partition coefficient (Wildman–Crippen LogP) is 2.20. The van der Waals surface area contributed by atoms with E-state index in [1.54, 1.807) is 0 Å². The fraction of sp³-hybridized carbons (Fsp3) is 0.647. The zero-order valence-corrected chi connectivity index (χ0v) is 12.6. The minimum absolute atomic E-state index is 0.391. The molecule has 20 heavy (non-hydrogen) atoms. The first-order valence-electron chi connectivity index (χ1n) is 8.08. The van der Waals surface area contributed by atoms with Gasteiger partial charge in [0.25, 0.3) is 0 Å². The summed E-state index contributed by atoms with van der Waals surface area (Å²) in [5.74, 6) is 0.841. The second kappa shape index (κ2) is 6.25. The summed E-state index contributed by atoms with van der Waals surface area (Å²) < 4.78 is 0. The molecule has 1 aromatic rings. The molecule has 0 aromatic heterocycles. The highest BCUT2D eigenvalue weighted by atomic mass is 15.3. The number of hydrogen-bond acceptors (Lipinski definition) is 3. The van der Waals surface area contributed by atoms with Gasteiger partial charge in [-0.05, 0) is 36.4 Å². The second-order valence-electron chi connectivity index (χ2n) is 6.16. The summed E-state index contributed by atoms with van der Waals surface area (Å²) in [5.41, 5.74) is 8.96. The van der Waals surface area contributed by atoms with Gasteiger partial charge in [0.05, 0.1) is 0 Å². The number of piperazine rings is 1. The van der Waals surface area contributed by atoms with E-state index in [-0.39, 0.29) is 0 Å². The predicted molar refractivity (Wildman–Crippen MR) is 83.9 cm³/mol. The maximum atomic E-state index is 6.06. The molecular formula is C17H27N3. The van der Waals surface area contributed by atoms with Crippen molar-refractivity contribution in [3.63, 3.8) is 0 Å². The average Bonchev–Trinajstić information content (AvgIpc) is 3.34. The van der Waals surface area contributed by atoms with Gasteiger partial charge in [-0.2, -0.15) is 0 Å². The number of benzene rings is 1. The summed E-state index contributed by atoms with van der Waals surface area (Å²) >= 11 is 0. The largest absolute Gasteiger partial charge is 0.329 e. The third-order valence-corrected chi connectivity index (χ3v) is 4.89. The molecule has 1 saturated heterocycles. The Hall–Kier alpha value is -0.900. The topological polar surface area (TPSA) is 32.5 Å². The highest BCUT2D eigenvalue weighted by Crippen LogP contribution is 2.40. The molecule has 110 valence electrons. The Morgan fingerprint density at radius 3 is 2.25 bits per heavy atom. The highest BCUT2D eigenvalue weighted by molar-refractivity contribution is 5.30. The smallest absolute Gasteiger partial charge is 0.0471 e. The van der Waals surface area contributed by atoms with Gasteiger partial charge in [-0.1, -0.05) is 31.2 Å². The minimum Gasteiger partial charge on any atom is -0.329 e. The zero-order valence-electron chi connectivity index (χ0n) is 12.6. The lowest BCUT2D eigenvalue weighted by atomic mass is 10.0. The molecule has 2 aliphatic rings. The Morgan fingerprint density at radius 1 is 1.10 bits per heavy atom. The van der Waals surface area contributed by atoms with Crippen LogP contribution in [0.5, 0.6) is 0 Å². The number of likely N-dealkylation sites (N-methyl/N-ethyl adjacent to an activating group) is 1. The maximum Gasteiger partial charge on any atom is 0.0471 e. The van der Waals surface area contributed by atoms with Crippen molar-refractivity contribution in [2.75, 3.05) is 39.3 Å². The minimum atomic E-state index is 0.391. The van der Waals surface area contributed by atoms with Crippen LogP contribution >= 0.6 is 0 Å². The van der Waals surface area contributed by atoms with E-state index in [0.717, 1.165) is 32.1 Å². The molecule has 0 spiro atoms. The first-order valence-corrected chi connectivity index (χ1v) is 8.08. The SMILES string of the molecule is CCN1CCN(C(CN)c2ccc(C3CC3)cc2)CC1. The third-order valence-electron chi connectivity index (χ3n) is 4.89. The van der Waals surface area contributed by atoms with Crippen LogP contribution in [0.4, 0.5) is 0 Å². The summed E-state index contributed by atoms with van der Waals surface area (Å²) in [6, 6.07) is 9.63. The van der Waals surface area contributed by atoms with Crippen LogP contribution in [0.2, 0.25) is 0 Å². The highest BCUT2D eigenvalue weighted by Gasteiger charge is 2.25. The maximum absolute atomic E-state index is 6.06. The molecule has 3 nitrogen and oxygen atoms in total. The lowest BCUT2D eigenvalue weighted by Crippen LogP contribution is -2.48. The van der Waals surface area contributed by atoms with E-state index in [1.165, 1.54) is 37.1 Å². The molecule has 3 rings (SSSR count). The van der Waals surface area contributed by atoms with E-state index in [4.69, 9.17) is 5.73 Å². The second-order valence-corrected chi connectivity index (χ2v) is 6.16. The third kappa shape index (κ3) is 3.05. The van der Waals surface area contributed by atoms with Gasteiger partial charge in [0.2, 0.25) is 0 Å². The lowest BCUT2D eigenvalue weighted by molar-refractivity contribution is 0.102. The van der Waals surface area contributed by atoms with E-state index in [0.29, 0.717) is 6.04 Å². The standard InChI is InChI=1S/C17H27N3/c1-2-19-9-11-20(12-10-19)17(13-18)16-7-5-15(6-8-16)14-3-4-14/h5-8,14,17H,2-4,9-13,18H2,1H3. The van der Waals surface area contributed by atoms with Crippen LogP contribution in [0.3, 0.4) is 0 Å². The van der Waals surface area contributed by atoms with Gasteiger partial charge in [-0.25, -0.2) is 0 Å². The van der Waals surface area contributed by atoms with Crippen molar-refractivity contribution in [1.29, 1.82) is 0 Å². The van der Waals surface area contributed by atoms with E-state index in [1.807, 2.05) is 0 Å². The molecule has 1 saturated carbocycles. The Balaban J connectivity index is 1.66. The van der Waals surface area contributed by atoms with Gasteiger partial charge < -0.3 is 10.6 Å². The van der Waals surface area contributed by atoms with Crippen LogP contribution in [-0.4, -0.2) is 49.1 Å². The van der Waals surface area contributed by atoms with E-state index >= 15 is 0 Å². The van der Waals surface area contributed by atoms with Crippen molar-refractivity contribution in [3.05, 3.63) is 35.4 Å². The average molecular weight is 273 g/mol. The number of hydrogen-bond donors (Lipinski definition) is 1. The Kier molecular flexibility index (Phi) is 4.39. The fourth-order valence-corrected chi connectivity index (χ4v) is 3.29. The summed E-state index contributed by atoms with van der Waals surface area (Å²) in [6.07, 6.45) is 2.75. The monoisotopic (exact) mass is 273 g/mol. The summed E-state index contributed by atoms with van der Waals surface area (Å²) in [5, 5.41) is 0. The normalized spacial score (nSPS) is 22.9. The van der Waals surface area contributed by atoms with Crippen molar-refractivity contribution < 1.29 is 0 Å². The van der Waals surface area contributed by atoms with Crippen molar-refractivity contribution in [2.45, 2.75) is 31.7 Å². The molecule has 1 atom stereocenters. The van der Waals surface area contributed by atoms with Crippen LogP contribution in [0.15, 0.2) is 24.3 Å². The molecule has 0 amide bonds. The molecule has 1 unspecified atom stereocenters. The van der Waals surface area contributed by atoms with Gasteiger partial charge in [0, 0.05) is 38.8 Å². The summed E-state index contributed by atoms with van der Waals surface area (Å²) in [4.78, 5) is 5.07. The van der Waals surface area contributed by atoms with Crippen LogP contribution in [0.25, 0.3) is 0 Å². The number of nitrogens with zero attached hydrogens (tertiary/aromatic N) is 2. The molecular weight excluding hydrogens is 246 g/mol. The quantitative estimate of drug-likeness (QED) is 0.892. The van der Waals surface area contributed by atoms with Gasteiger partial charge in [-0.3, -0.25) is 4.90 Å². The molecule has 2 fully saturated rings. The molecule has 1 heterocycles. The fourth-order valence-electron chi connectivity index (χ4n) is 3.29. The zero-order chi connectivity index (χ0) is 13.9. The summed E-state index contributed by atoms with van der Waals surface area (Å²) in [6.45, 7) is 8.75. The molecule has 1 aromatic carbocycles. The Morgan fingerprint density at radius 2 is 1.75 bits per heavy atom. The van der Waals surface area contributed by atoms with Crippen molar-refractivity contribution in [1.82, 2.24) is 9.80 Å². The van der Waals surface area contributed by atoms with Crippen molar-refractivity contribution >= 4 is 0 Å². The van der Waals surface area contributed by atoms with Gasteiger partial charge in [0.15, 0.2) is 0 Å². The van der Waals surface area contributed by atoms with Crippen LogP contribution in [-0.2, 0) is 0 Å². The van der Waals surface area contributed by atoms with Crippen molar-refractivity contribution in [3.8, 4) is 0 Å². The molecule has 0 radical (unpaired) electrons. The summed E-state index contributed by atoms with van der Waals surface area (Å²) in [7, 11) is 0. The van der Waals surface area contributed by atoms with Crippen LogP contribution < -0.4 is 5.73 Å². The van der Waals surface area contributed by atoms with Crippen LogP contribution in [0.1, 0.15) is 42.9 Å². The Bertz CT molecular complexity index is 416. The van der Waals surface area contributed by atoms with Crippen LogP contribution in [0, 0.1) is 0 Å². The first-order chi connectivity index (χ1) is 9.81. The van der Waals surface area contributed by atoms with E-state index in [2.05, 4.69) is 41.0 Å². The Labute approximate surface area is 122 Å². The van der Waals surface area contributed by atoms with Crippen molar-refractivity contribution in [2.24, 2.45) is 5.73 Å². The first kappa shape index (κ1) is 14.1. The molecule has 1 aliphatic carbocycles. The molecule has 1 aliphatic heterocycles. The number of rotatable bonds is 5. The van der Waals surface area contributed by atoms with E-state index in [9.17, 15) is 0 Å². The van der Waals surface area contributed by atoms with Gasteiger partial charge in [-0.15, -0.1) is 0 Å². The number of nitrogens with two attached hydrogens (primary N) is 1. The van der Waals surface area contributed by atoms with Gasteiger partial charge in [0.1, 0.15) is 0 Å². The lowest BCUT2D eigenvalue weighted by Gasteiger charge is -2.38. The van der Waals surface area contributed by atoms with E-state index < -0.39 is 0 Å². The molecule has 0 bridgehead atoms.